The lowest BCUT2D eigenvalue weighted by Gasteiger charge is -2.18. The standard InChI is InChI=1S/C28H30N6O4/c1-5-26(35)31-22-13-21(24(37-4)14-25(22)38-16-28(29)9-10-28)33-27-30-11-8-20(32-27)19-15-34(2)23-12-17(36-3)6-7-18(19)23/h5-8,11-15H,1,9-10,16,29H2,2-4H3,(H,31,35)(H,30,32,33). The molecule has 2 aromatic carbocycles. The van der Waals surface area contributed by atoms with E-state index < -0.39 is 0 Å². The van der Waals surface area contributed by atoms with Gasteiger partial charge in [0.05, 0.1) is 42.3 Å². The Kier molecular flexibility index (Phi) is 6.64. The number of nitrogens with zero attached hydrogens (tertiary/aromatic N) is 3. The van der Waals surface area contributed by atoms with Crippen molar-refractivity contribution in [3.8, 4) is 28.5 Å². The van der Waals surface area contributed by atoms with Gasteiger partial charge in [0.2, 0.25) is 11.9 Å². The first kappa shape index (κ1) is 25.1. The predicted octanol–water partition coefficient (Wildman–Crippen LogP) is 4.39. The van der Waals surface area contributed by atoms with Crippen LogP contribution in [0.4, 0.5) is 17.3 Å². The van der Waals surface area contributed by atoms with E-state index in [1.807, 2.05) is 42.1 Å². The minimum atomic E-state index is -0.370. The van der Waals surface area contributed by atoms with Crippen LogP contribution in [-0.4, -0.2) is 46.8 Å². The maximum absolute atomic E-state index is 12.1. The van der Waals surface area contributed by atoms with Crippen LogP contribution in [0.15, 0.2) is 61.4 Å². The van der Waals surface area contributed by atoms with E-state index >= 15 is 0 Å². The second-order valence-electron chi connectivity index (χ2n) is 9.32. The summed E-state index contributed by atoms with van der Waals surface area (Å²) in [5, 5.41) is 7.05. The van der Waals surface area contributed by atoms with Crippen LogP contribution < -0.4 is 30.6 Å². The van der Waals surface area contributed by atoms with Gasteiger partial charge in [0.25, 0.3) is 0 Å². The normalized spacial score (nSPS) is 13.6. The molecule has 2 heterocycles. The number of ether oxygens (including phenoxy) is 3. The van der Waals surface area contributed by atoms with Gasteiger partial charge in [-0.15, -0.1) is 0 Å². The summed E-state index contributed by atoms with van der Waals surface area (Å²) in [5.41, 5.74) is 9.59. The number of anilines is 3. The van der Waals surface area contributed by atoms with Gasteiger partial charge in [-0.05, 0) is 43.2 Å². The molecule has 1 aliphatic rings. The van der Waals surface area contributed by atoms with Crippen molar-refractivity contribution in [3.05, 3.63) is 61.4 Å². The Bertz CT molecular complexity index is 1530. The summed E-state index contributed by atoms with van der Waals surface area (Å²) in [7, 11) is 5.19. The molecule has 4 N–H and O–H groups in total. The molecule has 0 saturated heterocycles. The molecule has 0 radical (unpaired) electrons. The van der Waals surface area contributed by atoms with Crippen LogP contribution in [-0.2, 0) is 11.8 Å². The topological polar surface area (TPSA) is 126 Å². The number of nitrogens with two attached hydrogens (primary N) is 1. The molecule has 1 fully saturated rings. The average Bonchev–Trinajstić information content (AvgIpc) is 3.58. The maximum Gasteiger partial charge on any atom is 0.247 e. The largest absolute Gasteiger partial charge is 0.497 e. The van der Waals surface area contributed by atoms with Crippen LogP contribution in [0.3, 0.4) is 0 Å². The molecule has 5 rings (SSSR count). The highest BCUT2D eigenvalue weighted by Crippen LogP contribution is 2.40. The summed E-state index contributed by atoms with van der Waals surface area (Å²) in [6, 6.07) is 11.2. The van der Waals surface area contributed by atoms with Crippen molar-refractivity contribution in [2.75, 3.05) is 31.5 Å². The molecule has 1 amide bonds. The van der Waals surface area contributed by atoms with Gasteiger partial charge in [0.15, 0.2) is 0 Å². The van der Waals surface area contributed by atoms with Gasteiger partial charge >= 0.3 is 0 Å². The summed E-state index contributed by atoms with van der Waals surface area (Å²) < 4.78 is 19.0. The number of aromatic nitrogens is 3. The lowest BCUT2D eigenvalue weighted by Crippen LogP contribution is -2.30. The van der Waals surface area contributed by atoms with Crippen LogP contribution >= 0.6 is 0 Å². The first-order chi connectivity index (χ1) is 18.3. The molecule has 4 aromatic rings. The van der Waals surface area contributed by atoms with E-state index in [0.29, 0.717) is 35.4 Å². The zero-order chi connectivity index (χ0) is 26.9. The smallest absolute Gasteiger partial charge is 0.247 e. The second-order valence-corrected chi connectivity index (χ2v) is 9.32. The van der Waals surface area contributed by atoms with Crippen molar-refractivity contribution in [2.24, 2.45) is 12.8 Å². The fourth-order valence-corrected chi connectivity index (χ4v) is 4.14. The third kappa shape index (κ3) is 5.12. The number of amides is 1. The molecule has 0 spiro atoms. The third-order valence-electron chi connectivity index (χ3n) is 6.53. The highest BCUT2D eigenvalue weighted by Gasteiger charge is 2.39. The van der Waals surface area contributed by atoms with Crippen molar-refractivity contribution < 1.29 is 19.0 Å². The Morgan fingerprint density at radius 1 is 1.16 bits per heavy atom. The van der Waals surface area contributed by atoms with Gasteiger partial charge in [0, 0.05) is 42.5 Å². The van der Waals surface area contributed by atoms with E-state index in [4.69, 9.17) is 24.9 Å². The van der Waals surface area contributed by atoms with Crippen LogP contribution in [0, 0.1) is 0 Å². The summed E-state index contributed by atoms with van der Waals surface area (Å²) in [6.45, 7) is 3.87. The highest BCUT2D eigenvalue weighted by atomic mass is 16.5. The van der Waals surface area contributed by atoms with Crippen LogP contribution in [0.2, 0.25) is 0 Å². The van der Waals surface area contributed by atoms with Crippen molar-refractivity contribution in [1.82, 2.24) is 14.5 Å². The molecule has 1 aliphatic carbocycles. The number of nitrogens with one attached hydrogen (secondary N) is 2. The average molecular weight is 515 g/mol. The van der Waals surface area contributed by atoms with Crippen molar-refractivity contribution >= 4 is 34.1 Å². The number of aryl methyl sites for hydroxylation is 1. The van der Waals surface area contributed by atoms with E-state index in [9.17, 15) is 4.79 Å². The van der Waals surface area contributed by atoms with Gasteiger partial charge < -0.3 is 35.1 Å². The highest BCUT2D eigenvalue weighted by molar-refractivity contribution is 6.00. The summed E-state index contributed by atoms with van der Waals surface area (Å²) in [4.78, 5) is 21.3. The van der Waals surface area contributed by atoms with Crippen LogP contribution in [0.5, 0.6) is 17.2 Å². The summed E-state index contributed by atoms with van der Waals surface area (Å²) in [5.74, 6) is 1.71. The first-order valence-electron chi connectivity index (χ1n) is 12.1. The fourth-order valence-electron chi connectivity index (χ4n) is 4.14. The van der Waals surface area contributed by atoms with Gasteiger partial charge in [-0.3, -0.25) is 4.79 Å². The van der Waals surface area contributed by atoms with Gasteiger partial charge in [0.1, 0.15) is 23.9 Å². The molecule has 0 atom stereocenters. The number of rotatable bonds is 10. The molecule has 0 bridgehead atoms. The number of methoxy groups -OCH3 is 2. The molecule has 38 heavy (non-hydrogen) atoms. The SMILES string of the molecule is C=CC(=O)Nc1cc(Nc2nccc(-c3cn(C)c4cc(OC)ccc34)n2)c(OC)cc1OCC1(N)CC1. The zero-order valence-electron chi connectivity index (χ0n) is 21.6. The Morgan fingerprint density at radius 3 is 2.68 bits per heavy atom. The number of carbonyl (C=O) groups excluding carboxylic acids is 1. The van der Waals surface area contributed by atoms with Crippen LogP contribution in [0.25, 0.3) is 22.2 Å². The van der Waals surface area contributed by atoms with E-state index in [2.05, 4.69) is 22.2 Å². The number of hydrogen-bond acceptors (Lipinski definition) is 8. The van der Waals surface area contributed by atoms with E-state index in [1.54, 1.807) is 32.5 Å². The molecule has 2 aromatic heterocycles. The minimum Gasteiger partial charge on any atom is -0.497 e. The molecule has 0 aliphatic heterocycles. The number of benzene rings is 2. The molecule has 1 saturated carbocycles. The Hall–Kier alpha value is -4.57. The molecule has 0 unspecified atom stereocenters. The maximum atomic E-state index is 12.1. The first-order valence-corrected chi connectivity index (χ1v) is 12.1. The zero-order valence-corrected chi connectivity index (χ0v) is 21.6. The van der Waals surface area contributed by atoms with E-state index in [1.165, 1.54) is 6.08 Å². The Balaban J connectivity index is 1.48. The minimum absolute atomic E-state index is 0.328. The van der Waals surface area contributed by atoms with E-state index in [0.717, 1.165) is 40.8 Å². The van der Waals surface area contributed by atoms with Crippen LogP contribution in [0.1, 0.15) is 12.8 Å². The molecular formula is C28H30N6O4. The van der Waals surface area contributed by atoms with Crippen molar-refractivity contribution in [3.63, 3.8) is 0 Å². The number of fused-ring (bicyclic) bond motifs is 1. The molecular weight excluding hydrogens is 484 g/mol. The van der Waals surface area contributed by atoms with Crippen molar-refractivity contribution in [2.45, 2.75) is 18.4 Å². The fraction of sp³-hybridized carbons (Fsp3) is 0.250. The molecule has 10 heteroatoms. The summed E-state index contributed by atoms with van der Waals surface area (Å²) >= 11 is 0. The monoisotopic (exact) mass is 514 g/mol. The van der Waals surface area contributed by atoms with Gasteiger partial charge in [-0.25, -0.2) is 9.97 Å². The lowest BCUT2D eigenvalue weighted by atomic mass is 10.1. The Labute approximate surface area is 220 Å². The number of hydrogen-bond donors (Lipinski definition) is 3. The second kappa shape index (κ2) is 10.1. The number of carbonyl (C=O) groups is 1. The summed E-state index contributed by atoms with van der Waals surface area (Å²) in [6.07, 6.45) is 6.70. The lowest BCUT2D eigenvalue weighted by molar-refractivity contribution is -0.111. The molecule has 196 valence electrons. The van der Waals surface area contributed by atoms with Gasteiger partial charge in [-0.1, -0.05) is 6.58 Å². The third-order valence-corrected chi connectivity index (χ3v) is 6.53. The predicted molar refractivity (Wildman–Crippen MR) is 147 cm³/mol. The van der Waals surface area contributed by atoms with Gasteiger partial charge in [-0.2, -0.15) is 0 Å². The Morgan fingerprint density at radius 2 is 1.97 bits per heavy atom. The quantitative estimate of drug-likeness (QED) is 0.266. The van der Waals surface area contributed by atoms with Crippen molar-refractivity contribution in [1.29, 1.82) is 0 Å². The van der Waals surface area contributed by atoms with E-state index in [-0.39, 0.29) is 11.4 Å². The molecule has 10 nitrogen and oxygen atoms in total.